The van der Waals surface area contributed by atoms with Gasteiger partial charge in [-0.25, -0.2) is 19.3 Å². The lowest BCUT2D eigenvalue weighted by atomic mass is 10.1. The van der Waals surface area contributed by atoms with Gasteiger partial charge in [-0.3, -0.25) is 9.69 Å². The Morgan fingerprint density at radius 2 is 1.94 bits per heavy atom. The zero-order valence-electron chi connectivity index (χ0n) is 18.6. The number of para-hydroxylation sites is 1. The van der Waals surface area contributed by atoms with E-state index >= 15 is 0 Å². The first-order valence-corrected chi connectivity index (χ1v) is 11.0. The molecule has 1 aromatic carbocycles. The molecule has 1 aliphatic rings. The molecule has 8 heteroatoms. The number of aromatic nitrogens is 4. The highest BCUT2D eigenvalue weighted by molar-refractivity contribution is 6.04. The molecule has 0 spiro atoms. The summed E-state index contributed by atoms with van der Waals surface area (Å²) in [6.45, 7) is 6.45. The molecule has 0 saturated carbocycles. The Morgan fingerprint density at radius 1 is 1.12 bits per heavy atom. The van der Waals surface area contributed by atoms with Crippen molar-refractivity contribution >= 4 is 17.2 Å². The Balaban J connectivity index is 1.28. The number of carbonyl (C=O) groups excluding carboxylic acids is 1. The lowest BCUT2D eigenvalue weighted by Gasteiger charge is -2.16. The molecule has 4 heterocycles. The molecule has 1 N–H and O–H groups in total. The van der Waals surface area contributed by atoms with Crippen LogP contribution in [-0.4, -0.2) is 43.2 Å². The quantitative estimate of drug-likeness (QED) is 0.501. The molecule has 7 nitrogen and oxygen atoms in total. The second-order valence-electron chi connectivity index (χ2n) is 8.45. The number of fused-ring (bicyclic) bond motifs is 1. The van der Waals surface area contributed by atoms with Crippen LogP contribution in [0.2, 0.25) is 0 Å². The van der Waals surface area contributed by atoms with E-state index in [2.05, 4.69) is 35.8 Å². The van der Waals surface area contributed by atoms with Crippen LogP contribution in [0.15, 0.2) is 54.9 Å². The Labute approximate surface area is 191 Å². The second kappa shape index (κ2) is 8.71. The van der Waals surface area contributed by atoms with Gasteiger partial charge < -0.3 is 9.72 Å². The fraction of sp³-hybridized carbons (Fsp3) is 0.280. The van der Waals surface area contributed by atoms with E-state index in [1.54, 1.807) is 25.3 Å². The number of halogens is 1. The number of amides is 1. The van der Waals surface area contributed by atoms with Crippen molar-refractivity contribution in [1.29, 1.82) is 0 Å². The van der Waals surface area contributed by atoms with Crippen molar-refractivity contribution in [3.63, 3.8) is 0 Å². The van der Waals surface area contributed by atoms with E-state index < -0.39 is 11.7 Å². The smallest absolute Gasteiger partial charge is 0.259 e. The predicted octanol–water partition coefficient (Wildman–Crippen LogP) is 4.12. The zero-order chi connectivity index (χ0) is 22.9. The largest absolute Gasteiger partial charge is 0.319 e. The number of carbonyl (C=O) groups is 1. The van der Waals surface area contributed by atoms with Crippen LogP contribution in [0.1, 0.15) is 45.6 Å². The van der Waals surface area contributed by atoms with Crippen LogP contribution in [-0.2, 0) is 6.54 Å². The molecule has 1 amide bonds. The molecule has 1 fully saturated rings. The molecule has 1 saturated heterocycles. The highest BCUT2D eigenvalue weighted by atomic mass is 19.1. The van der Waals surface area contributed by atoms with Crippen LogP contribution in [0.25, 0.3) is 5.65 Å². The number of hydrogen-bond donors (Lipinski definition) is 1. The highest BCUT2D eigenvalue weighted by Crippen LogP contribution is 2.27. The molecule has 168 valence electrons. The molecule has 4 aromatic rings. The van der Waals surface area contributed by atoms with Gasteiger partial charge in [-0.1, -0.05) is 18.2 Å². The summed E-state index contributed by atoms with van der Waals surface area (Å²) in [5.74, 6) is 0.0488. The summed E-state index contributed by atoms with van der Waals surface area (Å²) in [6, 6.07) is 12.1. The van der Waals surface area contributed by atoms with Gasteiger partial charge >= 0.3 is 0 Å². The topological polar surface area (TPSA) is 75.4 Å². The molecule has 0 unspecified atom stereocenters. The number of likely N-dealkylation sites (tertiary alicyclic amines) is 1. The summed E-state index contributed by atoms with van der Waals surface area (Å²) < 4.78 is 16.0. The van der Waals surface area contributed by atoms with Crippen LogP contribution in [0.3, 0.4) is 0 Å². The van der Waals surface area contributed by atoms with Gasteiger partial charge in [-0.2, -0.15) is 0 Å². The molecule has 0 radical (unpaired) electrons. The van der Waals surface area contributed by atoms with Gasteiger partial charge in [0.05, 0.1) is 28.3 Å². The predicted molar refractivity (Wildman–Crippen MR) is 124 cm³/mol. The molecular weight excluding hydrogens is 419 g/mol. The van der Waals surface area contributed by atoms with Crippen molar-refractivity contribution < 1.29 is 9.18 Å². The minimum Gasteiger partial charge on any atom is -0.319 e. The molecule has 5 rings (SSSR count). The molecule has 1 atom stereocenters. The van der Waals surface area contributed by atoms with E-state index in [-0.39, 0.29) is 11.6 Å². The number of rotatable bonds is 5. The maximum Gasteiger partial charge on any atom is 0.259 e. The minimum atomic E-state index is -0.478. The Kier molecular flexibility index (Phi) is 5.60. The van der Waals surface area contributed by atoms with Crippen LogP contribution in [0, 0.1) is 19.7 Å². The summed E-state index contributed by atoms with van der Waals surface area (Å²) in [5, 5.41) is 2.60. The number of nitrogens with one attached hydrogen (secondary N) is 1. The first-order chi connectivity index (χ1) is 16.0. The van der Waals surface area contributed by atoms with Crippen molar-refractivity contribution in [2.75, 3.05) is 18.4 Å². The molecule has 0 bridgehead atoms. The fourth-order valence-electron chi connectivity index (χ4n) is 4.41. The van der Waals surface area contributed by atoms with Crippen LogP contribution < -0.4 is 5.32 Å². The maximum atomic E-state index is 13.9. The highest BCUT2D eigenvalue weighted by Gasteiger charge is 2.28. The number of benzene rings is 1. The van der Waals surface area contributed by atoms with Gasteiger partial charge in [0, 0.05) is 31.4 Å². The van der Waals surface area contributed by atoms with E-state index in [9.17, 15) is 9.18 Å². The normalized spacial score (nSPS) is 16.4. The van der Waals surface area contributed by atoms with E-state index in [1.165, 1.54) is 17.8 Å². The van der Waals surface area contributed by atoms with Crippen molar-refractivity contribution in [1.82, 2.24) is 24.3 Å². The summed E-state index contributed by atoms with van der Waals surface area (Å²) >= 11 is 0. The van der Waals surface area contributed by atoms with Crippen molar-refractivity contribution in [2.45, 2.75) is 32.7 Å². The van der Waals surface area contributed by atoms with Crippen molar-refractivity contribution in [3.05, 3.63) is 89.1 Å². The van der Waals surface area contributed by atoms with Gasteiger partial charge in [0.25, 0.3) is 5.91 Å². The van der Waals surface area contributed by atoms with Crippen LogP contribution >= 0.6 is 0 Å². The van der Waals surface area contributed by atoms with Gasteiger partial charge in [-0.05, 0) is 51.1 Å². The summed E-state index contributed by atoms with van der Waals surface area (Å²) in [5.41, 5.74) is 4.28. The van der Waals surface area contributed by atoms with E-state index in [0.717, 1.165) is 43.2 Å². The van der Waals surface area contributed by atoms with Gasteiger partial charge in [0.15, 0.2) is 0 Å². The van der Waals surface area contributed by atoms with Crippen molar-refractivity contribution in [2.24, 2.45) is 0 Å². The Hall–Kier alpha value is -3.65. The number of pyridine rings is 1. The number of hydrogen-bond acceptors (Lipinski definition) is 5. The zero-order valence-corrected chi connectivity index (χ0v) is 18.6. The van der Waals surface area contributed by atoms with E-state index in [0.29, 0.717) is 11.3 Å². The molecule has 3 aromatic heterocycles. The Bertz CT molecular complexity index is 1330. The third-order valence-corrected chi connectivity index (χ3v) is 6.20. The first kappa shape index (κ1) is 21.2. The number of nitrogens with zero attached hydrogens (tertiary/aromatic N) is 5. The molecule has 0 aliphatic carbocycles. The van der Waals surface area contributed by atoms with E-state index in [4.69, 9.17) is 0 Å². The van der Waals surface area contributed by atoms with Crippen LogP contribution in [0.5, 0.6) is 0 Å². The summed E-state index contributed by atoms with van der Waals surface area (Å²) in [6.07, 6.45) is 4.55. The van der Waals surface area contributed by atoms with E-state index in [1.807, 2.05) is 25.1 Å². The summed E-state index contributed by atoms with van der Waals surface area (Å²) in [7, 11) is 0. The average molecular weight is 445 g/mol. The summed E-state index contributed by atoms with van der Waals surface area (Å²) in [4.78, 5) is 28.8. The fourth-order valence-corrected chi connectivity index (χ4v) is 4.41. The monoisotopic (exact) mass is 444 g/mol. The number of aryl methyl sites for hydroxylation is 2. The lowest BCUT2D eigenvalue weighted by Crippen LogP contribution is -2.22. The number of anilines is 1. The van der Waals surface area contributed by atoms with Gasteiger partial charge in [0.1, 0.15) is 17.3 Å². The van der Waals surface area contributed by atoms with Crippen LogP contribution in [0.4, 0.5) is 10.1 Å². The standard InChI is InChI=1S/C25H25FN6O/c1-16-19(25(33)30-21-8-4-3-7-20(21)26)13-27-24(29-16)18-10-12-31(14-18)15-22-17(2)28-23-9-5-6-11-32(22)23/h3-9,11,13,18H,10,12,14-15H2,1-2H3,(H,30,33)/t18-/m0/s1. The maximum absolute atomic E-state index is 13.9. The lowest BCUT2D eigenvalue weighted by molar-refractivity contribution is 0.102. The minimum absolute atomic E-state index is 0.139. The first-order valence-electron chi connectivity index (χ1n) is 11.0. The second-order valence-corrected chi connectivity index (χ2v) is 8.45. The molecule has 1 aliphatic heterocycles. The average Bonchev–Trinajstić information content (AvgIpc) is 3.40. The van der Waals surface area contributed by atoms with Gasteiger partial charge in [-0.15, -0.1) is 0 Å². The third-order valence-electron chi connectivity index (χ3n) is 6.20. The molecular formula is C25H25FN6O. The van der Waals surface area contributed by atoms with Crippen molar-refractivity contribution in [3.8, 4) is 0 Å². The SMILES string of the molecule is Cc1nc([C@H]2CCN(Cc3c(C)nc4ccccn34)C2)ncc1C(=O)Nc1ccccc1F. The molecule has 33 heavy (non-hydrogen) atoms. The Morgan fingerprint density at radius 3 is 2.76 bits per heavy atom. The third kappa shape index (κ3) is 4.21. The number of imidazole rings is 1. The van der Waals surface area contributed by atoms with Gasteiger partial charge in [0.2, 0.25) is 0 Å².